The molecule has 2 nitrogen and oxygen atoms in total. The maximum atomic E-state index is 5.86. The first kappa shape index (κ1) is 18.3. The second kappa shape index (κ2) is 8.73. The molecule has 0 bridgehead atoms. The molecule has 0 saturated carbocycles. The van der Waals surface area contributed by atoms with Crippen LogP contribution in [0.5, 0.6) is 5.75 Å². The molecule has 4 aromatic carbocycles. The van der Waals surface area contributed by atoms with E-state index in [2.05, 4.69) is 72.9 Å². The lowest BCUT2D eigenvalue weighted by molar-refractivity contribution is 0.306. The number of ether oxygens (including phenoxy) is 1. The van der Waals surface area contributed by atoms with Crippen molar-refractivity contribution in [3.8, 4) is 5.75 Å². The van der Waals surface area contributed by atoms with Crippen LogP contribution in [0.25, 0.3) is 10.8 Å². The molecule has 0 unspecified atom stereocenters. The SMILES string of the molecule is Cc1c(CNCc2ccc(OCc3ccccc3)cc2)ccc2ccccc12. The Hall–Kier alpha value is -3.10. The lowest BCUT2D eigenvalue weighted by atomic mass is 10.00. The smallest absolute Gasteiger partial charge is 0.119 e. The van der Waals surface area contributed by atoms with E-state index < -0.39 is 0 Å². The number of fused-ring (bicyclic) bond motifs is 1. The Morgan fingerprint density at radius 1 is 0.679 bits per heavy atom. The third-order valence-electron chi connectivity index (χ3n) is 5.13. The van der Waals surface area contributed by atoms with Gasteiger partial charge in [0.15, 0.2) is 0 Å². The first-order valence-electron chi connectivity index (χ1n) is 9.73. The van der Waals surface area contributed by atoms with Gasteiger partial charge in [-0.15, -0.1) is 0 Å². The first-order valence-corrected chi connectivity index (χ1v) is 9.73. The van der Waals surface area contributed by atoms with Gasteiger partial charge in [0.2, 0.25) is 0 Å². The Morgan fingerprint density at radius 2 is 1.43 bits per heavy atom. The standard InChI is InChI=1S/C26H25NO/c1-20-24(14-13-23-9-5-6-10-26(20)23)18-27-17-21-11-15-25(16-12-21)28-19-22-7-3-2-4-8-22/h2-16,27H,17-19H2,1H3. The Labute approximate surface area is 166 Å². The van der Waals surface area contributed by atoms with E-state index in [0.29, 0.717) is 6.61 Å². The van der Waals surface area contributed by atoms with Gasteiger partial charge in [0.05, 0.1) is 0 Å². The third kappa shape index (κ3) is 4.41. The molecule has 1 N–H and O–H groups in total. The van der Waals surface area contributed by atoms with Gasteiger partial charge >= 0.3 is 0 Å². The van der Waals surface area contributed by atoms with Crippen LogP contribution in [0.15, 0.2) is 91.0 Å². The Balaban J connectivity index is 1.31. The number of aryl methyl sites for hydroxylation is 1. The molecular weight excluding hydrogens is 342 g/mol. The van der Waals surface area contributed by atoms with E-state index in [0.717, 1.165) is 18.8 Å². The summed E-state index contributed by atoms with van der Waals surface area (Å²) >= 11 is 0. The van der Waals surface area contributed by atoms with Crippen LogP contribution >= 0.6 is 0 Å². The quantitative estimate of drug-likeness (QED) is 0.431. The van der Waals surface area contributed by atoms with E-state index in [-0.39, 0.29) is 0 Å². The van der Waals surface area contributed by atoms with Crippen molar-refractivity contribution in [3.63, 3.8) is 0 Å². The van der Waals surface area contributed by atoms with E-state index in [1.165, 1.54) is 33.0 Å². The zero-order chi connectivity index (χ0) is 19.2. The average molecular weight is 367 g/mol. The maximum absolute atomic E-state index is 5.86. The van der Waals surface area contributed by atoms with Gasteiger partial charge in [-0.2, -0.15) is 0 Å². The van der Waals surface area contributed by atoms with Gasteiger partial charge < -0.3 is 10.1 Å². The van der Waals surface area contributed by atoms with E-state index in [9.17, 15) is 0 Å². The van der Waals surface area contributed by atoms with Crippen LogP contribution in [-0.2, 0) is 19.7 Å². The zero-order valence-electron chi connectivity index (χ0n) is 16.2. The summed E-state index contributed by atoms with van der Waals surface area (Å²) in [5.41, 5.74) is 5.14. The number of hydrogen-bond acceptors (Lipinski definition) is 2. The minimum absolute atomic E-state index is 0.597. The van der Waals surface area contributed by atoms with Crippen LogP contribution in [0.3, 0.4) is 0 Å². The van der Waals surface area contributed by atoms with Crippen LogP contribution in [-0.4, -0.2) is 0 Å². The molecule has 0 saturated heterocycles. The molecule has 0 aromatic heterocycles. The van der Waals surface area contributed by atoms with Gasteiger partial charge in [0.1, 0.15) is 12.4 Å². The van der Waals surface area contributed by atoms with E-state index in [4.69, 9.17) is 4.74 Å². The molecular formula is C26H25NO. The minimum Gasteiger partial charge on any atom is -0.489 e. The highest BCUT2D eigenvalue weighted by Gasteiger charge is 2.03. The van der Waals surface area contributed by atoms with Crippen molar-refractivity contribution in [2.75, 3.05) is 0 Å². The van der Waals surface area contributed by atoms with Crippen molar-refractivity contribution in [1.29, 1.82) is 0 Å². The summed E-state index contributed by atoms with van der Waals surface area (Å²) in [6.07, 6.45) is 0. The second-order valence-electron chi connectivity index (χ2n) is 7.09. The third-order valence-corrected chi connectivity index (χ3v) is 5.13. The number of benzene rings is 4. The van der Waals surface area contributed by atoms with Crippen LogP contribution in [0.2, 0.25) is 0 Å². The summed E-state index contributed by atoms with van der Waals surface area (Å²) < 4.78 is 5.86. The van der Waals surface area contributed by atoms with Gasteiger partial charge in [-0.25, -0.2) is 0 Å². The molecule has 0 fully saturated rings. The van der Waals surface area contributed by atoms with E-state index >= 15 is 0 Å². The van der Waals surface area contributed by atoms with Crippen molar-refractivity contribution in [2.45, 2.75) is 26.6 Å². The second-order valence-corrected chi connectivity index (χ2v) is 7.09. The highest BCUT2D eigenvalue weighted by atomic mass is 16.5. The summed E-state index contributed by atoms with van der Waals surface area (Å²) in [6, 6.07) is 31.6. The van der Waals surface area contributed by atoms with Gasteiger partial charge in [-0.1, -0.05) is 78.9 Å². The Kier molecular flexibility index (Phi) is 5.69. The molecule has 0 aliphatic rings. The molecule has 4 rings (SSSR count). The predicted octanol–water partition coefficient (Wildman–Crippen LogP) is 6.02. The summed E-state index contributed by atoms with van der Waals surface area (Å²) in [6.45, 7) is 4.51. The maximum Gasteiger partial charge on any atom is 0.119 e. The Morgan fingerprint density at radius 3 is 2.25 bits per heavy atom. The predicted molar refractivity (Wildman–Crippen MR) is 116 cm³/mol. The minimum atomic E-state index is 0.597. The lowest BCUT2D eigenvalue weighted by Crippen LogP contribution is -2.13. The number of rotatable bonds is 7. The van der Waals surface area contributed by atoms with Gasteiger partial charge in [-0.3, -0.25) is 0 Å². The molecule has 0 atom stereocenters. The fourth-order valence-corrected chi connectivity index (χ4v) is 3.45. The molecule has 28 heavy (non-hydrogen) atoms. The molecule has 0 amide bonds. The average Bonchev–Trinajstić information content (AvgIpc) is 2.76. The van der Waals surface area contributed by atoms with Crippen LogP contribution in [0, 0.1) is 6.92 Å². The molecule has 140 valence electrons. The van der Waals surface area contributed by atoms with Crippen LogP contribution < -0.4 is 10.1 Å². The van der Waals surface area contributed by atoms with Crippen molar-refractivity contribution in [1.82, 2.24) is 5.32 Å². The fraction of sp³-hybridized carbons (Fsp3) is 0.154. The summed E-state index contributed by atoms with van der Waals surface area (Å²) in [5, 5.41) is 6.20. The summed E-state index contributed by atoms with van der Waals surface area (Å²) in [7, 11) is 0. The van der Waals surface area contributed by atoms with Crippen LogP contribution in [0.4, 0.5) is 0 Å². The highest BCUT2D eigenvalue weighted by molar-refractivity contribution is 5.86. The molecule has 0 radical (unpaired) electrons. The van der Waals surface area contributed by atoms with Crippen LogP contribution in [0.1, 0.15) is 22.3 Å². The summed E-state index contributed by atoms with van der Waals surface area (Å²) in [5.74, 6) is 0.901. The molecule has 0 heterocycles. The normalized spacial score (nSPS) is 10.9. The topological polar surface area (TPSA) is 21.3 Å². The zero-order valence-corrected chi connectivity index (χ0v) is 16.2. The Bertz CT molecular complexity index is 1040. The monoisotopic (exact) mass is 367 g/mol. The number of nitrogens with one attached hydrogen (secondary N) is 1. The number of hydrogen-bond donors (Lipinski definition) is 1. The highest BCUT2D eigenvalue weighted by Crippen LogP contribution is 2.21. The fourth-order valence-electron chi connectivity index (χ4n) is 3.45. The molecule has 0 spiro atoms. The molecule has 0 aliphatic heterocycles. The first-order chi connectivity index (χ1) is 13.8. The lowest BCUT2D eigenvalue weighted by Gasteiger charge is -2.11. The molecule has 4 aromatic rings. The molecule has 2 heteroatoms. The summed E-state index contributed by atoms with van der Waals surface area (Å²) in [4.78, 5) is 0. The molecule has 0 aliphatic carbocycles. The van der Waals surface area contributed by atoms with Crippen molar-refractivity contribution >= 4 is 10.8 Å². The van der Waals surface area contributed by atoms with Gasteiger partial charge in [0.25, 0.3) is 0 Å². The van der Waals surface area contributed by atoms with Crippen molar-refractivity contribution < 1.29 is 4.74 Å². The van der Waals surface area contributed by atoms with Gasteiger partial charge in [0, 0.05) is 13.1 Å². The van der Waals surface area contributed by atoms with Crippen molar-refractivity contribution in [3.05, 3.63) is 113 Å². The van der Waals surface area contributed by atoms with E-state index in [1.807, 2.05) is 30.3 Å². The van der Waals surface area contributed by atoms with Gasteiger partial charge in [-0.05, 0) is 52.1 Å². The van der Waals surface area contributed by atoms with E-state index in [1.54, 1.807) is 0 Å². The van der Waals surface area contributed by atoms with Crippen molar-refractivity contribution in [2.24, 2.45) is 0 Å². The largest absolute Gasteiger partial charge is 0.489 e.